The van der Waals surface area contributed by atoms with Crippen LogP contribution in [0.3, 0.4) is 0 Å². The van der Waals surface area contributed by atoms with Gasteiger partial charge in [0.15, 0.2) is 0 Å². The van der Waals surface area contributed by atoms with Crippen LogP contribution in [-0.4, -0.2) is 9.97 Å². The highest BCUT2D eigenvalue weighted by Gasteiger charge is 2.17. The molecule has 2 N–H and O–H groups in total. The first-order chi connectivity index (χ1) is 7.79. The van der Waals surface area contributed by atoms with Crippen molar-refractivity contribution in [1.29, 1.82) is 0 Å². The predicted octanol–water partition coefficient (Wildman–Crippen LogP) is 2.92. The number of benzene rings is 1. The van der Waals surface area contributed by atoms with E-state index in [1.54, 1.807) is 6.20 Å². The summed E-state index contributed by atoms with van der Waals surface area (Å²) < 4.78 is 0. The van der Waals surface area contributed by atoms with E-state index in [1.165, 1.54) is 0 Å². The first-order valence-corrected chi connectivity index (χ1v) is 5.45. The van der Waals surface area contributed by atoms with Gasteiger partial charge in [0.1, 0.15) is 0 Å². The molecule has 1 aromatic heterocycles. The van der Waals surface area contributed by atoms with Crippen molar-refractivity contribution in [1.82, 2.24) is 4.98 Å². The van der Waals surface area contributed by atoms with Crippen molar-refractivity contribution in [3.05, 3.63) is 66.0 Å². The second-order valence-corrected chi connectivity index (χ2v) is 3.97. The number of hydrogen-bond donors (Lipinski definition) is 1. The minimum absolute atomic E-state index is 0. The summed E-state index contributed by atoms with van der Waals surface area (Å²) in [5.74, 6) is -0.0996. The molecular formula is C13H13ClN2S. The third-order valence-corrected chi connectivity index (χ3v) is 2.64. The molecule has 1 heterocycles. The third kappa shape index (κ3) is 3.25. The molecule has 2 aromatic rings. The van der Waals surface area contributed by atoms with Crippen LogP contribution in [0.25, 0.3) is 0 Å². The van der Waals surface area contributed by atoms with Gasteiger partial charge in [-0.2, -0.15) is 0 Å². The number of aromatic nitrogens is 1. The maximum absolute atomic E-state index is 5.79. The molecule has 0 aliphatic rings. The molecule has 1 unspecified atom stereocenters. The Balaban J connectivity index is 0.00000144. The minimum atomic E-state index is -0.0996. The zero-order chi connectivity index (χ0) is 11.4. The molecule has 0 radical (unpaired) electrons. The SMILES string of the molecule is Cl.NC(=S)C(c1ccccc1)c1ccccn1. The Morgan fingerprint density at radius 2 is 1.71 bits per heavy atom. The maximum Gasteiger partial charge on any atom is 0.0864 e. The highest BCUT2D eigenvalue weighted by molar-refractivity contribution is 7.80. The van der Waals surface area contributed by atoms with Gasteiger partial charge in [-0.15, -0.1) is 12.4 Å². The predicted molar refractivity (Wildman–Crippen MR) is 76.6 cm³/mol. The first kappa shape index (κ1) is 13.6. The van der Waals surface area contributed by atoms with Gasteiger partial charge < -0.3 is 5.73 Å². The van der Waals surface area contributed by atoms with Crippen LogP contribution in [0, 0.1) is 0 Å². The lowest BCUT2D eigenvalue weighted by atomic mass is 9.95. The van der Waals surface area contributed by atoms with Gasteiger partial charge in [0.25, 0.3) is 0 Å². The highest BCUT2D eigenvalue weighted by atomic mass is 35.5. The summed E-state index contributed by atoms with van der Waals surface area (Å²) in [6.07, 6.45) is 1.75. The molecule has 88 valence electrons. The molecule has 17 heavy (non-hydrogen) atoms. The van der Waals surface area contributed by atoms with Gasteiger partial charge in [0, 0.05) is 6.20 Å². The molecule has 0 aliphatic carbocycles. The lowest BCUT2D eigenvalue weighted by Gasteiger charge is -2.15. The van der Waals surface area contributed by atoms with Crippen molar-refractivity contribution >= 4 is 29.6 Å². The van der Waals surface area contributed by atoms with Crippen molar-refractivity contribution < 1.29 is 0 Å². The Labute approximate surface area is 112 Å². The average molecular weight is 265 g/mol. The fraction of sp³-hybridized carbons (Fsp3) is 0.0769. The number of halogens is 1. The summed E-state index contributed by atoms with van der Waals surface area (Å²) in [6.45, 7) is 0. The molecule has 2 nitrogen and oxygen atoms in total. The van der Waals surface area contributed by atoms with Gasteiger partial charge in [-0.3, -0.25) is 4.98 Å². The highest BCUT2D eigenvalue weighted by Crippen LogP contribution is 2.22. The molecule has 0 fully saturated rings. The fourth-order valence-corrected chi connectivity index (χ4v) is 1.93. The lowest BCUT2D eigenvalue weighted by molar-refractivity contribution is 0.999. The zero-order valence-corrected chi connectivity index (χ0v) is 10.7. The van der Waals surface area contributed by atoms with Gasteiger partial charge in [0.2, 0.25) is 0 Å². The van der Waals surface area contributed by atoms with Gasteiger partial charge >= 0.3 is 0 Å². The van der Waals surface area contributed by atoms with E-state index in [1.807, 2.05) is 48.5 Å². The molecule has 1 atom stereocenters. The van der Waals surface area contributed by atoms with E-state index in [2.05, 4.69) is 4.98 Å². The molecule has 0 bridgehead atoms. The Kier molecular flexibility index (Phi) is 5.07. The summed E-state index contributed by atoms with van der Waals surface area (Å²) in [7, 11) is 0. The van der Waals surface area contributed by atoms with Crippen LogP contribution in [0.1, 0.15) is 17.2 Å². The summed E-state index contributed by atoms with van der Waals surface area (Å²) in [4.78, 5) is 4.76. The Morgan fingerprint density at radius 1 is 1.06 bits per heavy atom. The molecule has 0 saturated carbocycles. The van der Waals surface area contributed by atoms with E-state index in [0.29, 0.717) is 4.99 Å². The molecule has 0 spiro atoms. The summed E-state index contributed by atoms with van der Waals surface area (Å²) in [6, 6.07) is 15.7. The van der Waals surface area contributed by atoms with E-state index < -0.39 is 0 Å². The van der Waals surface area contributed by atoms with Crippen LogP contribution in [0.4, 0.5) is 0 Å². The monoisotopic (exact) mass is 264 g/mol. The second kappa shape index (κ2) is 6.33. The van der Waals surface area contributed by atoms with Crippen molar-refractivity contribution in [2.45, 2.75) is 5.92 Å². The molecule has 4 heteroatoms. The average Bonchev–Trinajstić information content (AvgIpc) is 2.31. The van der Waals surface area contributed by atoms with Crippen LogP contribution in [-0.2, 0) is 0 Å². The molecule has 0 saturated heterocycles. The van der Waals surface area contributed by atoms with Gasteiger partial charge in [-0.25, -0.2) is 0 Å². The third-order valence-electron chi connectivity index (χ3n) is 2.40. The quantitative estimate of drug-likeness (QED) is 0.867. The maximum atomic E-state index is 5.79. The van der Waals surface area contributed by atoms with Crippen molar-refractivity contribution in [3.63, 3.8) is 0 Å². The Bertz CT molecular complexity index is 434. The smallest absolute Gasteiger partial charge is 0.0864 e. The molecule has 1 aromatic carbocycles. The number of hydrogen-bond acceptors (Lipinski definition) is 2. The summed E-state index contributed by atoms with van der Waals surface area (Å²) >= 11 is 5.12. The van der Waals surface area contributed by atoms with E-state index in [-0.39, 0.29) is 18.3 Å². The van der Waals surface area contributed by atoms with Crippen molar-refractivity contribution in [2.75, 3.05) is 0 Å². The van der Waals surface area contributed by atoms with Crippen LogP contribution >= 0.6 is 24.6 Å². The number of nitrogens with two attached hydrogens (primary N) is 1. The second-order valence-electron chi connectivity index (χ2n) is 3.50. The number of rotatable bonds is 3. The molecule has 2 rings (SSSR count). The van der Waals surface area contributed by atoms with Crippen molar-refractivity contribution in [2.24, 2.45) is 5.73 Å². The zero-order valence-electron chi connectivity index (χ0n) is 9.11. The van der Waals surface area contributed by atoms with E-state index >= 15 is 0 Å². The van der Waals surface area contributed by atoms with Gasteiger partial charge in [-0.1, -0.05) is 48.6 Å². The normalized spacial score (nSPS) is 11.3. The largest absolute Gasteiger partial charge is 0.392 e. The minimum Gasteiger partial charge on any atom is -0.392 e. The van der Waals surface area contributed by atoms with Gasteiger partial charge in [0.05, 0.1) is 16.6 Å². The van der Waals surface area contributed by atoms with Crippen LogP contribution in [0.5, 0.6) is 0 Å². The molecule has 0 amide bonds. The topological polar surface area (TPSA) is 38.9 Å². The van der Waals surface area contributed by atoms with E-state index in [0.717, 1.165) is 11.3 Å². The molecular weight excluding hydrogens is 252 g/mol. The number of nitrogens with zero attached hydrogens (tertiary/aromatic N) is 1. The van der Waals surface area contributed by atoms with E-state index in [9.17, 15) is 0 Å². The fourth-order valence-electron chi connectivity index (χ4n) is 1.67. The van der Waals surface area contributed by atoms with Crippen molar-refractivity contribution in [3.8, 4) is 0 Å². The number of pyridine rings is 1. The van der Waals surface area contributed by atoms with Gasteiger partial charge in [-0.05, 0) is 17.7 Å². The van der Waals surface area contributed by atoms with Crippen LogP contribution in [0.2, 0.25) is 0 Å². The Hall–Kier alpha value is -1.45. The summed E-state index contributed by atoms with van der Waals surface area (Å²) in [5, 5.41) is 0. The Morgan fingerprint density at radius 3 is 2.24 bits per heavy atom. The molecule has 0 aliphatic heterocycles. The van der Waals surface area contributed by atoms with E-state index in [4.69, 9.17) is 18.0 Å². The lowest BCUT2D eigenvalue weighted by Crippen LogP contribution is -2.21. The van der Waals surface area contributed by atoms with Crippen LogP contribution in [0.15, 0.2) is 54.7 Å². The first-order valence-electron chi connectivity index (χ1n) is 5.04. The van der Waals surface area contributed by atoms with Crippen LogP contribution < -0.4 is 5.73 Å². The standard InChI is InChI=1S/C13H12N2S.ClH/c14-13(16)12(10-6-2-1-3-7-10)11-8-4-5-9-15-11;/h1-9,12H,(H2,14,16);1H. The summed E-state index contributed by atoms with van der Waals surface area (Å²) in [5.41, 5.74) is 7.76. The number of thiocarbonyl (C=S) groups is 1.